The summed E-state index contributed by atoms with van der Waals surface area (Å²) in [7, 11) is 0. The zero-order valence-electron chi connectivity index (χ0n) is 9.32. The molecule has 0 amide bonds. The lowest BCUT2D eigenvalue weighted by Crippen LogP contribution is -2.33. The molecular weight excluding hydrogens is 236 g/mol. The van der Waals surface area contributed by atoms with E-state index in [2.05, 4.69) is 16.0 Å². The number of carboxylic acids is 1. The molecule has 1 aromatic rings. The summed E-state index contributed by atoms with van der Waals surface area (Å²) in [6.07, 6.45) is 4.43. The van der Waals surface area contributed by atoms with E-state index in [0.717, 1.165) is 18.7 Å². The molecule has 0 radical (unpaired) electrons. The van der Waals surface area contributed by atoms with Crippen molar-refractivity contribution in [2.75, 3.05) is 12.3 Å². The van der Waals surface area contributed by atoms with Crippen molar-refractivity contribution in [1.29, 1.82) is 0 Å². The monoisotopic (exact) mass is 250 g/mol. The fourth-order valence-electron chi connectivity index (χ4n) is 2.76. The summed E-state index contributed by atoms with van der Waals surface area (Å²) in [4.78, 5) is 17.6. The summed E-state index contributed by atoms with van der Waals surface area (Å²) in [5, 5.41) is 9.46. The Morgan fingerprint density at radius 3 is 3.18 bits per heavy atom. The minimum atomic E-state index is -0.648. The molecule has 17 heavy (non-hydrogen) atoms. The van der Waals surface area contributed by atoms with Gasteiger partial charge in [-0.1, -0.05) is 6.07 Å². The number of nitrogens with zero attached hydrogens (tertiary/aromatic N) is 2. The maximum Gasteiger partial charge on any atom is 0.308 e. The maximum atomic E-state index is 11.1. The van der Waals surface area contributed by atoms with Gasteiger partial charge in [0.1, 0.15) is 0 Å². The average molecular weight is 250 g/mol. The van der Waals surface area contributed by atoms with Gasteiger partial charge in [-0.3, -0.25) is 14.7 Å². The molecule has 5 heteroatoms. The van der Waals surface area contributed by atoms with Crippen molar-refractivity contribution in [1.82, 2.24) is 9.88 Å². The van der Waals surface area contributed by atoms with Crippen molar-refractivity contribution in [2.45, 2.75) is 17.8 Å². The first-order valence-electron chi connectivity index (χ1n) is 5.77. The highest BCUT2D eigenvalue weighted by atomic mass is 32.2. The first-order chi connectivity index (χ1) is 8.27. The SMILES string of the molecule is O=C(O)C1CCN2C1CS[C@@H]2c1cccnc1. The second kappa shape index (κ2) is 4.31. The second-order valence-electron chi connectivity index (χ2n) is 4.51. The lowest BCUT2D eigenvalue weighted by Gasteiger charge is -2.23. The van der Waals surface area contributed by atoms with E-state index in [9.17, 15) is 4.79 Å². The number of aromatic nitrogens is 1. The van der Waals surface area contributed by atoms with Crippen LogP contribution in [0, 0.1) is 5.92 Å². The van der Waals surface area contributed by atoms with E-state index in [1.54, 1.807) is 6.20 Å². The number of pyridine rings is 1. The number of rotatable bonds is 2. The molecule has 2 aliphatic heterocycles. The first-order valence-corrected chi connectivity index (χ1v) is 6.82. The van der Waals surface area contributed by atoms with Gasteiger partial charge in [-0.25, -0.2) is 0 Å². The summed E-state index contributed by atoms with van der Waals surface area (Å²) in [6.45, 7) is 0.883. The Morgan fingerprint density at radius 2 is 2.47 bits per heavy atom. The molecule has 4 nitrogen and oxygen atoms in total. The van der Waals surface area contributed by atoms with Crippen molar-refractivity contribution >= 4 is 17.7 Å². The zero-order chi connectivity index (χ0) is 11.8. The van der Waals surface area contributed by atoms with Gasteiger partial charge in [0.05, 0.1) is 11.3 Å². The molecule has 2 saturated heterocycles. The van der Waals surface area contributed by atoms with Crippen LogP contribution in [0.25, 0.3) is 0 Å². The van der Waals surface area contributed by atoms with Crippen LogP contribution in [-0.4, -0.2) is 39.3 Å². The summed E-state index contributed by atoms with van der Waals surface area (Å²) < 4.78 is 0. The highest BCUT2D eigenvalue weighted by molar-refractivity contribution is 7.99. The van der Waals surface area contributed by atoms with Gasteiger partial charge >= 0.3 is 5.97 Å². The lowest BCUT2D eigenvalue weighted by atomic mass is 10.0. The van der Waals surface area contributed by atoms with Gasteiger partial charge in [0, 0.05) is 30.7 Å². The van der Waals surface area contributed by atoms with E-state index >= 15 is 0 Å². The molecule has 2 aliphatic rings. The van der Waals surface area contributed by atoms with Crippen LogP contribution in [0.15, 0.2) is 24.5 Å². The Morgan fingerprint density at radius 1 is 1.59 bits per heavy atom. The third kappa shape index (κ3) is 1.83. The smallest absolute Gasteiger partial charge is 0.308 e. The highest BCUT2D eigenvalue weighted by Gasteiger charge is 2.46. The molecule has 0 aliphatic carbocycles. The molecule has 0 bridgehead atoms. The van der Waals surface area contributed by atoms with Gasteiger partial charge in [-0.15, -0.1) is 11.8 Å². The van der Waals surface area contributed by atoms with Crippen LogP contribution in [-0.2, 0) is 4.79 Å². The number of carbonyl (C=O) groups is 1. The fourth-order valence-corrected chi connectivity index (χ4v) is 4.35. The Bertz CT molecular complexity index is 426. The van der Waals surface area contributed by atoms with Crippen LogP contribution in [0.2, 0.25) is 0 Å². The molecule has 3 atom stereocenters. The Labute approximate surface area is 104 Å². The van der Waals surface area contributed by atoms with E-state index in [4.69, 9.17) is 5.11 Å². The molecular formula is C12H14N2O2S. The van der Waals surface area contributed by atoms with Crippen LogP contribution >= 0.6 is 11.8 Å². The first kappa shape index (κ1) is 11.0. The number of hydrogen-bond acceptors (Lipinski definition) is 4. The standard InChI is InChI=1S/C12H14N2O2S/c15-12(16)9-3-5-14-10(9)7-17-11(14)8-2-1-4-13-6-8/h1-2,4,6,9-11H,3,5,7H2,(H,15,16)/t9?,10?,11-/m1/s1. The highest BCUT2D eigenvalue weighted by Crippen LogP contribution is 2.46. The number of fused-ring (bicyclic) bond motifs is 1. The second-order valence-corrected chi connectivity index (χ2v) is 5.62. The zero-order valence-corrected chi connectivity index (χ0v) is 10.1. The third-order valence-electron chi connectivity index (χ3n) is 3.60. The van der Waals surface area contributed by atoms with Crippen molar-refractivity contribution in [3.05, 3.63) is 30.1 Å². The number of thioether (sulfide) groups is 1. The molecule has 1 N–H and O–H groups in total. The van der Waals surface area contributed by atoms with E-state index in [0.29, 0.717) is 0 Å². The van der Waals surface area contributed by atoms with Gasteiger partial charge in [-0.2, -0.15) is 0 Å². The Hall–Kier alpha value is -1.07. The molecule has 0 aromatic carbocycles. The fraction of sp³-hybridized carbons (Fsp3) is 0.500. The van der Waals surface area contributed by atoms with Gasteiger partial charge in [0.25, 0.3) is 0 Å². The summed E-state index contributed by atoms with van der Waals surface area (Å²) in [5.74, 6) is 0.0744. The Balaban J connectivity index is 1.82. The number of hydrogen-bond donors (Lipinski definition) is 1. The van der Waals surface area contributed by atoms with Crippen molar-refractivity contribution in [3.8, 4) is 0 Å². The predicted molar refractivity (Wildman–Crippen MR) is 65.7 cm³/mol. The molecule has 1 aromatic heterocycles. The molecule has 0 spiro atoms. The average Bonchev–Trinajstić information content (AvgIpc) is 2.89. The Kier molecular flexibility index (Phi) is 2.80. The molecule has 2 fully saturated rings. The van der Waals surface area contributed by atoms with Crippen molar-refractivity contribution in [2.24, 2.45) is 5.92 Å². The molecule has 3 heterocycles. The molecule has 2 unspecified atom stereocenters. The molecule has 3 rings (SSSR count). The maximum absolute atomic E-state index is 11.1. The minimum Gasteiger partial charge on any atom is -0.481 e. The van der Waals surface area contributed by atoms with Crippen molar-refractivity contribution in [3.63, 3.8) is 0 Å². The van der Waals surface area contributed by atoms with Gasteiger partial charge < -0.3 is 5.11 Å². The summed E-state index contributed by atoms with van der Waals surface area (Å²) in [6, 6.07) is 4.21. The number of aliphatic carboxylic acids is 1. The quantitative estimate of drug-likeness (QED) is 0.864. The third-order valence-corrected chi connectivity index (χ3v) is 4.99. The van der Waals surface area contributed by atoms with E-state index < -0.39 is 5.97 Å². The lowest BCUT2D eigenvalue weighted by molar-refractivity contribution is -0.142. The van der Waals surface area contributed by atoms with Crippen LogP contribution in [0.5, 0.6) is 0 Å². The number of carboxylic acid groups (broad SMARTS) is 1. The topological polar surface area (TPSA) is 53.4 Å². The minimum absolute atomic E-state index is 0.191. The summed E-state index contributed by atoms with van der Waals surface area (Å²) >= 11 is 1.83. The van der Waals surface area contributed by atoms with Gasteiger partial charge in [0.15, 0.2) is 0 Å². The van der Waals surface area contributed by atoms with Crippen LogP contribution in [0.4, 0.5) is 0 Å². The van der Waals surface area contributed by atoms with Gasteiger partial charge in [0.2, 0.25) is 0 Å². The van der Waals surface area contributed by atoms with Crippen LogP contribution < -0.4 is 0 Å². The van der Waals surface area contributed by atoms with Crippen LogP contribution in [0.1, 0.15) is 17.4 Å². The largest absolute Gasteiger partial charge is 0.481 e. The predicted octanol–water partition coefficient (Wildman–Crippen LogP) is 1.60. The van der Waals surface area contributed by atoms with E-state index in [-0.39, 0.29) is 17.3 Å². The summed E-state index contributed by atoms with van der Waals surface area (Å²) in [5.41, 5.74) is 1.19. The normalized spacial score (nSPS) is 32.6. The van der Waals surface area contributed by atoms with Crippen molar-refractivity contribution < 1.29 is 9.90 Å². The molecule has 0 saturated carbocycles. The van der Waals surface area contributed by atoms with E-state index in [1.165, 1.54) is 5.56 Å². The van der Waals surface area contributed by atoms with E-state index in [1.807, 2.05) is 24.0 Å². The van der Waals surface area contributed by atoms with Crippen LogP contribution in [0.3, 0.4) is 0 Å². The molecule has 90 valence electrons. The van der Waals surface area contributed by atoms with Gasteiger partial charge in [-0.05, 0) is 18.1 Å².